The van der Waals surface area contributed by atoms with Crippen molar-refractivity contribution in [3.8, 4) is 11.5 Å². The van der Waals surface area contributed by atoms with E-state index in [1.807, 2.05) is 30.3 Å². The number of carbonyl (C=O) groups excluding carboxylic acids is 2. The summed E-state index contributed by atoms with van der Waals surface area (Å²) >= 11 is 0.821. The summed E-state index contributed by atoms with van der Waals surface area (Å²) in [6.07, 6.45) is 1.53. The first kappa shape index (κ1) is 22.7. The summed E-state index contributed by atoms with van der Waals surface area (Å²) in [4.78, 5) is 47.3. The van der Waals surface area contributed by atoms with Gasteiger partial charge in [-0.15, -0.1) is 0 Å². The summed E-state index contributed by atoms with van der Waals surface area (Å²) in [5, 5.41) is 21.9. The number of rotatable bonds is 7. The highest BCUT2D eigenvalue weighted by Crippen LogP contribution is 2.36. The lowest BCUT2D eigenvalue weighted by atomic mass is 10.2. The molecule has 0 aliphatic carbocycles. The highest BCUT2D eigenvalue weighted by molar-refractivity contribution is 8.18. The van der Waals surface area contributed by atoms with Crippen LogP contribution in [0.2, 0.25) is 0 Å². The molecule has 1 aliphatic heterocycles. The van der Waals surface area contributed by atoms with Gasteiger partial charge >= 0.3 is 5.69 Å². The van der Waals surface area contributed by atoms with Crippen LogP contribution in [0.25, 0.3) is 6.08 Å². The van der Waals surface area contributed by atoms with Gasteiger partial charge < -0.3 is 4.74 Å². The third-order valence-corrected chi connectivity index (χ3v) is 5.70. The van der Waals surface area contributed by atoms with Gasteiger partial charge in [-0.1, -0.05) is 42.5 Å². The summed E-state index contributed by atoms with van der Waals surface area (Å²) in [5.41, 5.74) is 0.374. The molecule has 3 aromatic carbocycles. The average molecular weight is 477 g/mol. The lowest BCUT2D eigenvalue weighted by molar-refractivity contribution is -0.394. The van der Waals surface area contributed by atoms with Gasteiger partial charge in [-0.2, -0.15) is 0 Å². The van der Waals surface area contributed by atoms with Gasteiger partial charge in [0.05, 0.1) is 27.4 Å². The second kappa shape index (κ2) is 9.55. The summed E-state index contributed by atoms with van der Waals surface area (Å²) in [5.74, 6) is -0.374. The molecule has 1 heterocycles. The van der Waals surface area contributed by atoms with Crippen molar-refractivity contribution in [2.24, 2.45) is 0 Å². The molecule has 11 heteroatoms. The third-order valence-electron chi connectivity index (χ3n) is 4.79. The molecule has 0 saturated carbocycles. The number of nitrogens with zero attached hydrogens (tertiary/aromatic N) is 3. The molecule has 1 saturated heterocycles. The van der Waals surface area contributed by atoms with E-state index in [0.717, 1.165) is 40.4 Å². The highest BCUT2D eigenvalue weighted by Gasteiger charge is 2.35. The Labute approximate surface area is 196 Å². The maximum atomic E-state index is 12.8. The van der Waals surface area contributed by atoms with Crippen molar-refractivity contribution >= 4 is 40.4 Å². The Balaban J connectivity index is 1.55. The molecular formula is C23H15N3O7S. The summed E-state index contributed by atoms with van der Waals surface area (Å²) in [6.45, 7) is 0.163. The minimum atomic E-state index is -0.769. The first-order valence-corrected chi connectivity index (χ1v) is 10.6. The first-order valence-electron chi connectivity index (χ1n) is 9.82. The van der Waals surface area contributed by atoms with Gasteiger partial charge in [-0.3, -0.25) is 34.7 Å². The largest absolute Gasteiger partial charge is 0.450 e. The maximum absolute atomic E-state index is 12.8. The van der Waals surface area contributed by atoms with E-state index in [0.29, 0.717) is 5.56 Å². The number of imide groups is 1. The Hall–Kier alpha value is -4.51. The molecule has 34 heavy (non-hydrogen) atoms. The van der Waals surface area contributed by atoms with Crippen molar-refractivity contribution in [2.75, 3.05) is 0 Å². The molecule has 0 atom stereocenters. The quantitative estimate of drug-likeness (QED) is 0.246. The zero-order chi connectivity index (χ0) is 24.2. The molecule has 0 N–H and O–H groups in total. The molecule has 0 bridgehead atoms. The van der Waals surface area contributed by atoms with Crippen LogP contribution in [0.5, 0.6) is 11.5 Å². The van der Waals surface area contributed by atoms with Crippen molar-refractivity contribution in [2.45, 2.75) is 6.54 Å². The molecule has 1 fully saturated rings. The van der Waals surface area contributed by atoms with Crippen LogP contribution >= 0.6 is 11.8 Å². The van der Waals surface area contributed by atoms with E-state index in [4.69, 9.17) is 4.74 Å². The van der Waals surface area contributed by atoms with Gasteiger partial charge in [-0.25, -0.2) is 0 Å². The van der Waals surface area contributed by atoms with Gasteiger partial charge in [0.1, 0.15) is 5.75 Å². The number of amides is 2. The zero-order valence-corrected chi connectivity index (χ0v) is 18.1. The second-order valence-electron chi connectivity index (χ2n) is 7.09. The number of hydrogen-bond acceptors (Lipinski definition) is 8. The lowest BCUT2D eigenvalue weighted by Crippen LogP contribution is -2.27. The molecule has 3 aromatic rings. The molecule has 2 amide bonds. The molecule has 0 radical (unpaired) electrons. The minimum absolute atomic E-state index is 0.163. The molecule has 0 spiro atoms. The molecular weight excluding hydrogens is 462 g/mol. The molecule has 170 valence electrons. The molecule has 10 nitrogen and oxygen atoms in total. The predicted molar refractivity (Wildman–Crippen MR) is 124 cm³/mol. The van der Waals surface area contributed by atoms with Crippen LogP contribution in [0.1, 0.15) is 11.1 Å². The molecule has 0 unspecified atom stereocenters. The van der Waals surface area contributed by atoms with Crippen LogP contribution in [0.4, 0.5) is 16.2 Å². The normalized spacial score (nSPS) is 14.5. The number of carbonyl (C=O) groups is 2. The van der Waals surface area contributed by atoms with Crippen LogP contribution in [0.15, 0.2) is 77.7 Å². The minimum Gasteiger partial charge on any atom is -0.450 e. The Kier molecular flexibility index (Phi) is 6.37. The van der Waals surface area contributed by atoms with Gasteiger partial charge in [0, 0.05) is 6.07 Å². The first-order chi connectivity index (χ1) is 16.3. The van der Waals surface area contributed by atoms with Crippen molar-refractivity contribution in [3.05, 3.63) is 109 Å². The summed E-state index contributed by atoms with van der Waals surface area (Å²) < 4.78 is 5.60. The number of ether oxygens (including phenoxy) is 1. The van der Waals surface area contributed by atoms with Crippen LogP contribution in [0, 0.1) is 20.2 Å². The van der Waals surface area contributed by atoms with Crippen molar-refractivity contribution in [1.82, 2.24) is 4.90 Å². The van der Waals surface area contributed by atoms with Gasteiger partial charge in [0.15, 0.2) is 0 Å². The Bertz CT molecular complexity index is 1340. The van der Waals surface area contributed by atoms with E-state index in [2.05, 4.69) is 0 Å². The average Bonchev–Trinajstić information content (AvgIpc) is 3.07. The van der Waals surface area contributed by atoms with Crippen LogP contribution < -0.4 is 4.74 Å². The summed E-state index contributed by atoms with van der Waals surface area (Å²) in [6, 6.07) is 18.6. The van der Waals surface area contributed by atoms with Gasteiger partial charge in [0.2, 0.25) is 5.75 Å². The fourth-order valence-electron chi connectivity index (χ4n) is 3.20. The smallest absolute Gasteiger partial charge is 0.318 e. The molecule has 0 aromatic heterocycles. The zero-order valence-electron chi connectivity index (χ0n) is 17.3. The number of benzene rings is 3. The van der Waals surface area contributed by atoms with E-state index in [-0.39, 0.29) is 28.2 Å². The van der Waals surface area contributed by atoms with Crippen molar-refractivity contribution < 1.29 is 24.2 Å². The Morgan fingerprint density at radius 2 is 1.68 bits per heavy atom. The number of hydrogen-bond donors (Lipinski definition) is 0. The van der Waals surface area contributed by atoms with Gasteiger partial charge in [0.25, 0.3) is 16.8 Å². The van der Waals surface area contributed by atoms with Crippen LogP contribution in [-0.2, 0) is 11.3 Å². The van der Waals surface area contributed by atoms with Crippen LogP contribution in [0.3, 0.4) is 0 Å². The van der Waals surface area contributed by atoms with Crippen molar-refractivity contribution in [1.29, 1.82) is 0 Å². The Morgan fingerprint density at radius 1 is 0.912 bits per heavy atom. The monoisotopic (exact) mass is 477 g/mol. The van der Waals surface area contributed by atoms with Crippen LogP contribution in [-0.4, -0.2) is 25.9 Å². The predicted octanol–water partition coefficient (Wildman–Crippen LogP) is 5.53. The Morgan fingerprint density at radius 3 is 2.38 bits per heavy atom. The number of non-ortho nitro benzene ring substituents is 1. The van der Waals surface area contributed by atoms with E-state index < -0.39 is 27.1 Å². The van der Waals surface area contributed by atoms with E-state index >= 15 is 0 Å². The molecule has 1 aliphatic rings. The summed E-state index contributed by atoms with van der Waals surface area (Å²) in [7, 11) is 0. The second-order valence-corrected chi connectivity index (χ2v) is 8.09. The number of thioether (sulfide) groups is 1. The topological polar surface area (TPSA) is 133 Å². The standard InChI is InChI=1S/C23H15N3O7S/c27-22-21(34-23(28)24(22)14-15-5-2-1-3-6-15)12-16-7-4-8-18(11-16)33-20-10-9-17(25(29)30)13-19(20)26(31)32/h1-13H,14H2/b21-12-. The van der Waals surface area contributed by atoms with E-state index in [1.165, 1.54) is 12.1 Å². The molecule has 4 rings (SSSR count). The fourth-order valence-corrected chi connectivity index (χ4v) is 4.04. The van der Waals surface area contributed by atoms with Gasteiger partial charge in [-0.05, 0) is 47.2 Å². The maximum Gasteiger partial charge on any atom is 0.318 e. The SMILES string of the molecule is O=C1S/C(=C\c2cccc(Oc3ccc([N+](=O)[O-])cc3[N+](=O)[O-])c2)C(=O)N1Cc1ccccc1. The number of nitro groups is 2. The van der Waals surface area contributed by atoms with E-state index in [9.17, 15) is 29.8 Å². The lowest BCUT2D eigenvalue weighted by Gasteiger charge is -2.12. The van der Waals surface area contributed by atoms with E-state index in [1.54, 1.807) is 18.2 Å². The fraction of sp³-hybridized carbons (Fsp3) is 0.0435. The van der Waals surface area contributed by atoms with Crippen molar-refractivity contribution in [3.63, 3.8) is 0 Å². The third kappa shape index (κ3) is 4.94. The highest BCUT2D eigenvalue weighted by atomic mass is 32.2. The number of nitro benzene ring substituents is 2.